The minimum absolute atomic E-state index is 0.0922. The molecule has 17 heavy (non-hydrogen) atoms. The van der Waals surface area contributed by atoms with Crippen molar-refractivity contribution in [2.75, 3.05) is 6.61 Å². The van der Waals surface area contributed by atoms with Crippen molar-refractivity contribution in [3.8, 4) is 5.75 Å². The summed E-state index contributed by atoms with van der Waals surface area (Å²) in [5.41, 5.74) is 11.0. The summed E-state index contributed by atoms with van der Waals surface area (Å²) < 4.78 is 5.93. The van der Waals surface area contributed by atoms with Crippen molar-refractivity contribution in [3.63, 3.8) is 0 Å². The summed E-state index contributed by atoms with van der Waals surface area (Å²) in [4.78, 5) is 0. The lowest BCUT2D eigenvalue weighted by Gasteiger charge is -2.20. The van der Waals surface area contributed by atoms with E-state index in [2.05, 4.69) is 47.6 Å². The van der Waals surface area contributed by atoms with Gasteiger partial charge in [-0.1, -0.05) is 19.9 Å². The van der Waals surface area contributed by atoms with Crippen LogP contribution in [0.15, 0.2) is 6.07 Å². The molecule has 0 aliphatic carbocycles. The van der Waals surface area contributed by atoms with Crippen LogP contribution < -0.4 is 10.5 Å². The highest BCUT2D eigenvalue weighted by Crippen LogP contribution is 2.29. The van der Waals surface area contributed by atoms with Crippen LogP contribution in [0.4, 0.5) is 0 Å². The van der Waals surface area contributed by atoms with Gasteiger partial charge >= 0.3 is 0 Å². The molecule has 2 nitrogen and oxygen atoms in total. The minimum Gasteiger partial charge on any atom is -0.491 e. The van der Waals surface area contributed by atoms with Crippen LogP contribution >= 0.6 is 0 Å². The van der Waals surface area contributed by atoms with Gasteiger partial charge < -0.3 is 10.5 Å². The van der Waals surface area contributed by atoms with Crippen LogP contribution in [0.2, 0.25) is 0 Å². The van der Waals surface area contributed by atoms with Gasteiger partial charge in [-0.05, 0) is 55.9 Å². The lowest BCUT2D eigenvalue weighted by Crippen LogP contribution is -2.33. The van der Waals surface area contributed by atoms with E-state index in [-0.39, 0.29) is 6.04 Å². The minimum atomic E-state index is 0.0922. The first-order chi connectivity index (χ1) is 7.84. The molecule has 1 rings (SSSR count). The number of hydrogen-bond acceptors (Lipinski definition) is 2. The summed E-state index contributed by atoms with van der Waals surface area (Å²) in [6.07, 6.45) is 0. The Balaban J connectivity index is 2.91. The van der Waals surface area contributed by atoms with Gasteiger partial charge in [-0.2, -0.15) is 0 Å². The molecule has 0 bridgehead atoms. The molecule has 1 unspecified atom stereocenters. The average Bonchev–Trinajstić information content (AvgIpc) is 2.26. The summed E-state index contributed by atoms with van der Waals surface area (Å²) in [6, 6.07) is 2.30. The zero-order valence-electron chi connectivity index (χ0n) is 11.9. The van der Waals surface area contributed by atoms with E-state index < -0.39 is 0 Å². The van der Waals surface area contributed by atoms with Crippen LogP contribution in [0.3, 0.4) is 0 Å². The second-order valence-electron chi connectivity index (χ2n) is 5.31. The first-order valence-electron chi connectivity index (χ1n) is 6.30. The molecule has 0 aliphatic rings. The number of ether oxygens (including phenoxy) is 1. The molecule has 0 aliphatic heterocycles. The SMILES string of the molecule is Cc1cc(C)c(C)c(OCC(N)C(C)C)c1C. The average molecular weight is 235 g/mol. The van der Waals surface area contributed by atoms with E-state index in [4.69, 9.17) is 10.5 Å². The molecule has 0 saturated carbocycles. The number of rotatable bonds is 4. The van der Waals surface area contributed by atoms with Crippen LogP contribution in [0.5, 0.6) is 5.75 Å². The fraction of sp³-hybridized carbons (Fsp3) is 0.600. The molecule has 0 aromatic heterocycles. The van der Waals surface area contributed by atoms with Crippen molar-refractivity contribution in [2.45, 2.75) is 47.6 Å². The molecule has 0 spiro atoms. The Labute approximate surface area is 105 Å². The number of aryl methyl sites for hydroxylation is 2. The van der Waals surface area contributed by atoms with Crippen molar-refractivity contribution in [1.29, 1.82) is 0 Å². The van der Waals surface area contributed by atoms with Crippen LogP contribution in [-0.2, 0) is 0 Å². The van der Waals surface area contributed by atoms with Crippen molar-refractivity contribution < 1.29 is 4.74 Å². The number of benzene rings is 1. The number of nitrogens with two attached hydrogens (primary N) is 1. The third kappa shape index (κ3) is 3.22. The highest BCUT2D eigenvalue weighted by Gasteiger charge is 2.13. The smallest absolute Gasteiger partial charge is 0.125 e. The van der Waals surface area contributed by atoms with E-state index >= 15 is 0 Å². The fourth-order valence-corrected chi connectivity index (χ4v) is 1.77. The highest BCUT2D eigenvalue weighted by atomic mass is 16.5. The van der Waals surface area contributed by atoms with E-state index in [1.807, 2.05) is 0 Å². The molecular weight excluding hydrogens is 210 g/mol. The van der Waals surface area contributed by atoms with Gasteiger partial charge in [-0.25, -0.2) is 0 Å². The molecule has 0 heterocycles. The summed E-state index contributed by atoms with van der Waals surface area (Å²) in [6.45, 7) is 13.3. The number of hydrogen-bond donors (Lipinski definition) is 1. The van der Waals surface area contributed by atoms with Gasteiger partial charge in [-0.15, -0.1) is 0 Å². The highest BCUT2D eigenvalue weighted by molar-refractivity contribution is 5.48. The van der Waals surface area contributed by atoms with Gasteiger partial charge in [-0.3, -0.25) is 0 Å². The Morgan fingerprint density at radius 2 is 1.53 bits per heavy atom. The van der Waals surface area contributed by atoms with Gasteiger partial charge in [0.15, 0.2) is 0 Å². The molecular formula is C15H25NO. The summed E-state index contributed by atoms with van der Waals surface area (Å²) in [5, 5.41) is 0. The molecule has 2 N–H and O–H groups in total. The van der Waals surface area contributed by atoms with Gasteiger partial charge in [0.05, 0.1) is 0 Å². The van der Waals surface area contributed by atoms with E-state index in [0.29, 0.717) is 12.5 Å². The quantitative estimate of drug-likeness (QED) is 0.869. The van der Waals surface area contributed by atoms with Crippen LogP contribution in [0.25, 0.3) is 0 Å². The summed E-state index contributed by atoms with van der Waals surface area (Å²) >= 11 is 0. The predicted molar refractivity (Wildman–Crippen MR) is 73.7 cm³/mol. The second-order valence-corrected chi connectivity index (χ2v) is 5.31. The third-order valence-corrected chi connectivity index (χ3v) is 3.57. The lowest BCUT2D eigenvalue weighted by molar-refractivity contribution is 0.256. The molecule has 0 radical (unpaired) electrons. The standard InChI is InChI=1S/C15H25NO/c1-9(2)14(16)8-17-15-12(5)10(3)7-11(4)13(15)6/h7,9,14H,8,16H2,1-6H3. The molecule has 0 fully saturated rings. The molecule has 1 aromatic carbocycles. The van der Waals surface area contributed by atoms with Crippen LogP contribution in [0.1, 0.15) is 36.1 Å². The summed E-state index contributed by atoms with van der Waals surface area (Å²) in [5.74, 6) is 1.46. The molecule has 1 atom stereocenters. The zero-order valence-corrected chi connectivity index (χ0v) is 11.9. The maximum absolute atomic E-state index is 6.02. The van der Waals surface area contributed by atoms with Crippen molar-refractivity contribution in [1.82, 2.24) is 0 Å². The van der Waals surface area contributed by atoms with E-state index in [0.717, 1.165) is 5.75 Å². The first-order valence-corrected chi connectivity index (χ1v) is 6.30. The lowest BCUT2D eigenvalue weighted by atomic mass is 10.00. The normalized spacial score (nSPS) is 12.9. The van der Waals surface area contributed by atoms with Crippen LogP contribution in [-0.4, -0.2) is 12.6 Å². The molecule has 0 amide bonds. The van der Waals surface area contributed by atoms with Crippen LogP contribution in [0, 0.1) is 33.6 Å². The second kappa shape index (κ2) is 5.54. The third-order valence-electron chi connectivity index (χ3n) is 3.57. The maximum atomic E-state index is 6.02. The van der Waals surface area contributed by atoms with Crippen molar-refractivity contribution in [3.05, 3.63) is 28.3 Å². The Morgan fingerprint density at radius 3 is 1.94 bits per heavy atom. The maximum Gasteiger partial charge on any atom is 0.125 e. The summed E-state index contributed by atoms with van der Waals surface area (Å²) in [7, 11) is 0. The Kier molecular flexibility index (Phi) is 4.58. The Bertz CT molecular complexity index is 370. The monoisotopic (exact) mass is 235 g/mol. The van der Waals surface area contributed by atoms with E-state index in [1.54, 1.807) is 0 Å². The molecule has 2 heteroatoms. The molecule has 1 aromatic rings. The van der Waals surface area contributed by atoms with Gasteiger partial charge in [0, 0.05) is 6.04 Å². The van der Waals surface area contributed by atoms with E-state index in [1.165, 1.54) is 22.3 Å². The topological polar surface area (TPSA) is 35.2 Å². The predicted octanol–water partition coefficient (Wildman–Crippen LogP) is 3.28. The van der Waals surface area contributed by atoms with Gasteiger partial charge in [0.2, 0.25) is 0 Å². The zero-order chi connectivity index (χ0) is 13.2. The van der Waals surface area contributed by atoms with Gasteiger partial charge in [0.25, 0.3) is 0 Å². The van der Waals surface area contributed by atoms with Crippen molar-refractivity contribution >= 4 is 0 Å². The van der Waals surface area contributed by atoms with E-state index in [9.17, 15) is 0 Å². The molecule has 96 valence electrons. The fourth-order valence-electron chi connectivity index (χ4n) is 1.77. The Morgan fingerprint density at radius 1 is 1.06 bits per heavy atom. The first kappa shape index (κ1) is 14.0. The molecule has 0 saturated heterocycles. The Hall–Kier alpha value is -1.02. The van der Waals surface area contributed by atoms with Crippen molar-refractivity contribution in [2.24, 2.45) is 11.7 Å². The van der Waals surface area contributed by atoms with Gasteiger partial charge in [0.1, 0.15) is 12.4 Å². The largest absolute Gasteiger partial charge is 0.491 e.